The lowest BCUT2D eigenvalue weighted by Gasteiger charge is -2.39. The Labute approximate surface area is 204 Å². The molecule has 35 heavy (non-hydrogen) atoms. The normalized spacial score (nSPS) is 25.5. The SMILES string of the molecule is CN1CC(F)CNC1C(C(=O)Nc1cnccc1-c1ccc([C@H]2COCCN2C)cc1)C(N)N=O. The molecule has 0 bridgehead atoms. The molecule has 0 aliphatic carbocycles. The van der Waals surface area contributed by atoms with Crippen LogP contribution in [0.15, 0.2) is 47.9 Å². The summed E-state index contributed by atoms with van der Waals surface area (Å²) >= 11 is 0. The van der Waals surface area contributed by atoms with Gasteiger partial charge in [-0.05, 0) is 31.3 Å². The van der Waals surface area contributed by atoms with Gasteiger partial charge in [-0.2, -0.15) is 0 Å². The number of carbonyl (C=O) groups is 1. The van der Waals surface area contributed by atoms with Crippen LogP contribution in [0.25, 0.3) is 11.1 Å². The maximum Gasteiger partial charge on any atom is 0.234 e. The van der Waals surface area contributed by atoms with Gasteiger partial charge in [0.25, 0.3) is 0 Å². The number of benzene rings is 1. The van der Waals surface area contributed by atoms with Crippen molar-refractivity contribution in [2.24, 2.45) is 16.8 Å². The van der Waals surface area contributed by atoms with Gasteiger partial charge in [0.1, 0.15) is 12.1 Å². The number of pyridine rings is 1. The first-order chi connectivity index (χ1) is 16.9. The number of nitroso groups, excluding NO2 is 1. The van der Waals surface area contributed by atoms with E-state index in [4.69, 9.17) is 10.5 Å². The van der Waals surface area contributed by atoms with Gasteiger partial charge in [-0.1, -0.05) is 29.4 Å². The van der Waals surface area contributed by atoms with Crippen molar-refractivity contribution in [1.82, 2.24) is 20.1 Å². The molecule has 4 unspecified atom stereocenters. The van der Waals surface area contributed by atoms with Crippen LogP contribution in [0.2, 0.25) is 0 Å². The highest BCUT2D eigenvalue weighted by molar-refractivity contribution is 5.97. The van der Waals surface area contributed by atoms with Crippen molar-refractivity contribution in [2.75, 3.05) is 52.3 Å². The molecule has 0 spiro atoms. The van der Waals surface area contributed by atoms with Gasteiger partial charge >= 0.3 is 0 Å². The molecule has 2 saturated heterocycles. The number of amides is 1. The van der Waals surface area contributed by atoms with Crippen molar-refractivity contribution < 1.29 is 13.9 Å². The summed E-state index contributed by atoms with van der Waals surface area (Å²) in [4.78, 5) is 32.7. The van der Waals surface area contributed by atoms with Gasteiger partial charge in [0.05, 0.1) is 37.3 Å². The van der Waals surface area contributed by atoms with Gasteiger partial charge in [-0.3, -0.25) is 24.9 Å². The highest BCUT2D eigenvalue weighted by atomic mass is 19.1. The second-order valence-electron chi connectivity index (χ2n) is 9.12. The zero-order chi connectivity index (χ0) is 24.9. The minimum atomic E-state index is -1.31. The largest absolute Gasteiger partial charge is 0.378 e. The molecule has 2 fully saturated rings. The summed E-state index contributed by atoms with van der Waals surface area (Å²) in [7, 11) is 3.76. The molecular weight excluding hydrogens is 453 g/mol. The summed E-state index contributed by atoms with van der Waals surface area (Å²) in [6, 6.07) is 10.1. The van der Waals surface area contributed by atoms with E-state index in [2.05, 4.69) is 44.9 Å². The lowest BCUT2D eigenvalue weighted by molar-refractivity contribution is -0.124. The Morgan fingerprint density at radius 3 is 2.74 bits per heavy atom. The number of aromatic nitrogens is 1. The third-order valence-electron chi connectivity index (χ3n) is 6.72. The zero-order valence-corrected chi connectivity index (χ0v) is 19.9. The molecule has 1 aromatic carbocycles. The summed E-state index contributed by atoms with van der Waals surface area (Å²) in [5.41, 5.74) is 9.21. The van der Waals surface area contributed by atoms with E-state index in [-0.39, 0.29) is 19.1 Å². The van der Waals surface area contributed by atoms with E-state index in [1.165, 1.54) is 0 Å². The van der Waals surface area contributed by atoms with Crippen molar-refractivity contribution in [3.05, 3.63) is 53.2 Å². The molecule has 4 rings (SSSR count). The average Bonchev–Trinajstić information content (AvgIpc) is 2.86. The van der Waals surface area contributed by atoms with Crippen LogP contribution in [0.5, 0.6) is 0 Å². The number of nitrogens with two attached hydrogens (primary N) is 1. The quantitative estimate of drug-likeness (QED) is 0.505. The van der Waals surface area contributed by atoms with E-state index in [0.717, 1.165) is 29.8 Å². The predicted octanol–water partition coefficient (Wildman–Crippen LogP) is 1.56. The van der Waals surface area contributed by atoms with Gasteiger partial charge < -0.3 is 15.8 Å². The number of hydrogen-bond acceptors (Lipinski definition) is 9. The van der Waals surface area contributed by atoms with Crippen molar-refractivity contribution in [2.45, 2.75) is 24.5 Å². The first-order valence-electron chi connectivity index (χ1n) is 11.7. The lowest BCUT2D eigenvalue weighted by Crippen LogP contribution is -2.62. The highest BCUT2D eigenvalue weighted by Gasteiger charge is 2.40. The number of likely N-dealkylation sites (N-methyl/N-ethyl adjacent to an activating group) is 1. The fourth-order valence-corrected chi connectivity index (χ4v) is 4.73. The molecule has 0 saturated carbocycles. The smallest absolute Gasteiger partial charge is 0.234 e. The van der Waals surface area contributed by atoms with E-state index < -0.39 is 30.3 Å². The number of anilines is 1. The number of alkyl halides is 1. The van der Waals surface area contributed by atoms with Crippen LogP contribution in [0.1, 0.15) is 11.6 Å². The molecule has 2 aliphatic heterocycles. The van der Waals surface area contributed by atoms with Crippen LogP contribution >= 0.6 is 0 Å². The monoisotopic (exact) mass is 485 g/mol. The first kappa shape index (κ1) is 25.3. The van der Waals surface area contributed by atoms with Crippen molar-refractivity contribution in [1.29, 1.82) is 0 Å². The molecule has 2 aliphatic rings. The van der Waals surface area contributed by atoms with Crippen LogP contribution in [0.4, 0.5) is 10.1 Å². The summed E-state index contributed by atoms with van der Waals surface area (Å²) in [5.74, 6) is -1.52. The highest BCUT2D eigenvalue weighted by Crippen LogP contribution is 2.31. The average molecular weight is 486 g/mol. The number of nitrogens with zero attached hydrogens (tertiary/aromatic N) is 4. The van der Waals surface area contributed by atoms with Crippen LogP contribution in [0, 0.1) is 10.8 Å². The number of morpholine rings is 1. The minimum absolute atomic E-state index is 0.0656. The molecule has 188 valence electrons. The molecule has 3 heterocycles. The summed E-state index contributed by atoms with van der Waals surface area (Å²) < 4.78 is 19.4. The Kier molecular flexibility index (Phi) is 8.14. The number of nitrogens with one attached hydrogen (secondary N) is 2. The Balaban J connectivity index is 1.55. The molecular formula is C24H32FN7O3. The van der Waals surface area contributed by atoms with E-state index in [0.29, 0.717) is 12.3 Å². The topological polar surface area (TPSA) is 125 Å². The van der Waals surface area contributed by atoms with Gasteiger partial charge in [-0.15, -0.1) is 4.91 Å². The summed E-state index contributed by atoms with van der Waals surface area (Å²) in [5, 5.41) is 8.74. The Morgan fingerprint density at radius 2 is 2.06 bits per heavy atom. The first-order valence-corrected chi connectivity index (χ1v) is 11.7. The van der Waals surface area contributed by atoms with Gasteiger partial charge in [0.15, 0.2) is 6.17 Å². The molecule has 1 aromatic heterocycles. The Morgan fingerprint density at radius 1 is 1.29 bits per heavy atom. The fraction of sp³-hybridized carbons (Fsp3) is 0.500. The predicted molar refractivity (Wildman–Crippen MR) is 131 cm³/mol. The van der Waals surface area contributed by atoms with Gasteiger partial charge in [0.2, 0.25) is 5.91 Å². The summed E-state index contributed by atoms with van der Waals surface area (Å²) in [6.45, 7) is 2.44. The fourth-order valence-electron chi connectivity index (χ4n) is 4.73. The molecule has 10 nitrogen and oxygen atoms in total. The van der Waals surface area contributed by atoms with Crippen molar-refractivity contribution in [3.63, 3.8) is 0 Å². The lowest BCUT2D eigenvalue weighted by atomic mass is 9.97. The van der Waals surface area contributed by atoms with Crippen LogP contribution in [-0.2, 0) is 9.53 Å². The van der Waals surface area contributed by atoms with Crippen molar-refractivity contribution >= 4 is 11.6 Å². The molecule has 0 radical (unpaired) electrons. The van der Waals surface area contributed by atoms with E-state index in [9.17, 15) is 14.1 Å². The van der Waals surface area contributed by atoms with E-state index in [1.807, 2.05) is 18.2 Å². The molecule has 5 atom stereocenters. The molecule has 2 aromatic rings. The maximum atomic E-state index is 13.8. The van der Waals surface area contributed by atoms with E-state index >= 15 is 0 Å². The van der Waals surface area contributed by atoms with Crippen molar-refractivity contribution in [3.8, 4) is 11.1 Å². The number of ether oxygens (including phenoxy) is 1. The van der Waals surface area contributed by atoms with Crippen LogP contribution < -0.4 is 16.4 Å². The molecule has 1 amide bonds. The molecule has 11 heteroatoms. The molecule has 4 N–H and O–H groups in total. The van der Waals surface area contributed by atoms with Crippen LogP contribution in [0.3, 0.4) is 0 Å². The number of rotatable bonds is 7. The number of halogens is 1. The Hall–Kier alpha value is -2.83. The minimum Gasteiger partial charge on any atom is -0.378 e. The Bertz CT molecular complexity index is 1020. The maximum absolute atomic E-state index is 13.8. The second kappa shape index (κ2) is 11.3. The summed E-state index contributed by atoms with van der Waals surface area (Å²) in [6.07, 6.45) is 0.184. The van der Waals surface area contributed by atoms with Gasteiger partial charge in [-0.25, -0.2) is 4.39 Å². The number of hydrogen-bond donors (Lipinski definition) is 3. The zero-order valence-electron chi connectivity index (χ0n) is 19.9. The van der Waals surface area contributed by atoms with E-state index in [1.54, 1.807) is 24.3 Å². The second-order valence-corrected chi connectivity index (χ2v) is 9.12. The standard InChI is InChI=1S/C24H32FN7O3/c1-31-9-10-35-14-20(31)16-5-3-15(4-6-16)18-7-8-27-12-19(18)29-24(33)21(22(26)30-34)23-28-11-17(25)13-32(23)2/h3-8,12,17,20-23,28H,9-11,13-14,26H2,1-2H3,(H,29,33)/t17?,20-,21?,22?,23?/m1/s1. The third kappa shape index (κ3) is 5.71. The third-order valence-corrected chi connectivity index (χ3v) is 6.72. The van der Waals surface area contributed by atoms with Gasteiger partial charge in [0, 0.05) is 31.4 Å². The van der Waals surface area contributed by atoms with Crippen LogP contribution in [-0.4, -0.2) is 86.1 Å². The number of carbonyl (C=O) groups excluding carboxylic acids is 1.